The first kappa shape index (κ1) is 27.8. The van der Waals surface area contributed by atoms with Crippen molar-refractivity contribution in [1.29, 1.82) is 0 Å². The van der Waals surface area contributed by atoms with E-state index in [2.05, 4.69) is 31.1 Å². The van der Waals surface area contributed by atoms with Crippen LogP contribution < -0.4 is 10.6 Å². The molecule has 0 aliphatic rings. The summed E-state index contributed by atoms with van der Waals surface area (Å²) in [5.41, 5.74) is 1.21. The topological polar surface area (TPSA) is 120 Å². The molecule has 2 aromatic heterocycles. The summed E-state index contributed by atoms with van der Waals surface area (Å²) in [6.07, 6.45) is -4.75. The molecule has 0 saturated carbocycles. The number of para-hydroxylation sites is 1. The van der Waals surface area contributed by atoms with Crippen LogP contribution in [0.2, 0.25) is 5.02 Å². The fourth-order valence-electron chi connectivity index (χ4n) is 3.68. The van der Waals surface area contributed by atoms with Gasteiger partial charge in [-0.3, -0.25) is 9.59 Å². The lowest BCUT2D eigenvalue weighted by atomic mass is 10.0. The van der Waals surface area contributed by atoms with Gasteiger partial charge in [0.15, 0.2) is 0 Å². The number of tetrazole rings is 1. The van der Waals surface area contributed by atoms with Crippen LogP contribution in [-0.4, -0.2) is 47.3 Å². The third-order valence-corrected chi connectivity index (χ3v) is 5.49. The minimum Gasteiger partial charge on any atom is -0.347 e. The van der Waals surface area contributed by atoms with Gasteiger partial charge in [-0.15, -0.1) is 10.2 Å². The van der Waals surface area contributed by atoms with Gasteiger partial charge in [0, 0.05) is 10.6 Å². The summed E-state index contributed by atoms with van der Waals surface area (Å²) in [6, 6.07) is 13.1. The Morgan fingerprint density at radius 2 is 1.69 bits per heavy atom. The molecule has 0 fully saturated rings. The van der Waals surface area contributed by atoms with Crippen LogP contribution in [0.1, 0.15) is 58.7 Å². The molecule has 14 heteroatoms. The van der Waals surface area contributed by atoms with Gasteiger partial charge in [-0.2, -0.15) is 23.1 Å². The number of nitrogens with one attached hydrogen (secondary N) is 2. The smallest absolute Gasteiger partial charge is 0.347 e. The van der Waals surface area contributed by atoms with Crippen LogP contribution in [0.5, 0.6) is 0 Å². The van der Waals surface area contributed by atoms with E-state index in [1.165, 1.54) is 16.8 Å². The molecular weight excluding hydrogens is 537 g/mol. The van der Waals surface area contributed by atoms with E-state index in [4.69, 9.17) is 11.6 Å². The van der Waals surface area contributed by atoms with Crippen molar-refractivity contribution in [1.82, 2.24) is 35.3 Å². The lowest BCUT2D eigenvalue weighted by Crippen LogP contribution is -2.41. The predicted octanol–water partition coefficient (Wildman–Crippen LogP) is 4.67. The number of rotatable bonds is 6. The van der Waals surface area contributed by atoms with Gasteiger partial charge in [0.05, 0.1) is 22.6 Å². The van der Waals surface area contributed by atoms with Crippen molar-refractivity contribution in [3.8, 4) is 5.69 Å². The Morgan fingerprint density at radius 1 is 1.00 bits per heavy atom. The summed E-state index contributed by atoms with van der Waals surface area (Å²) in [6.45, 7) is 6.89. The molecule has 2 heterocycles. The summed E-state index contributed by atoms with van der Waals surface area (Å²) in [5.74, 6) is -2.43. The zero-order chi connectivity index (χ0) is 28.5. The van der Waals surface area contributed by atoms with E-state index in [-0.39, 0.29) is 29.2 Å². The maximum absolute atomic E-state index is 13.6. The highest BCUT2D eigenvalue weighted by Crippen LogP contribution is 2.28. The normalized spacial score (nSPS) is 11.9. The molecule has 2 aromatic carbocycles. The predicted molar refractivity (Wildman–Crippen MR) is 137 cm³/mol. The van der Waals surface area contributed by atoms with E-state index in [9.17, 15) is 22.8 Å². The number of halogens is 4. The largest absolute Gasteiger partial charge is 0.455 e. The molecule has 0 atom stereocenters. The van der Waals surface area contributed by atoms with Crippen LogP contribution in [0.15, 0.2) is 48.5 Å². The second kappa shape index (κ2) is 10.5. The molecule has 4 rings (SSSR count). The molecule has 204 valence electrons. The molecule has 0 aliphatic carbocycles. The van der Waals surface area contributed by atoms with Crippen molar-refractivity contribution in [2.75, 3.05) is 5.32 Å². The van der Waals surface area contributed by atoms with Crippen molar-refractivity contribution < 1.29 is 22.8 Å². The Balaban J connectivity index is 1.71. The van der Waals surface area contributed by atoms with E-state index in [1.54, 1.807) is 43.3 Å². The number of hydrogen-bond donors (Lipinski definition) is 2. The van der Waals surface area contributed by atoms with Crippen LogP contribution in [-0.2, 0) is 12.7 Å². The second-order valence-corrected chi connectivity index (χ2v) is 10.1. The fourth-order valence-corrected chi connectivity index (χ4v) is 3.95. The molecule has 10 nitrogen and oxygen atoms in total. The number of aromatic nitrogens is 6. The average Bonchev–Trinajstić information content (AvgIpc) is 3.48. The number of anilines is 1. The number of alkyl halides is 3. The molecule has 0 unspecified atom stereocenters. The Bertz CT molecular complexity index is 1520. The van der Waals surface area contributed by atoms with Gasteiger partial charge in [-0.05, 0) is 68.8 Å². The van der Waals surface area contributed by atoms with E-state index in [0.717, 1.165) is 4.80 Å². The number of nitrogens with zero attached hydrogens (tertiary/aromatic N) is 6. The molecule has 39 heavy (non-hydrogen) atoms. The van der Waals surface area contributed by atoms with Gasteiger partial charge in [-0.25, -0.2) is 4.68 Å². The van der Waals surface area contributed by atoms with Gasteiger partial charge in [0.25, 0.3) is 17.6 Å². The number of benzene rings is 2. The molecule has 0 saturated heterocycles. The third kappa shape index (κ3) is 6.60. The molecule has 0 spiro atoms. The minimum absolute atomic E-state index is 0.0592. The lowest BCUT2D eigenvalue weighted by molar-refractivity contribution is -0.145. The lowest BCUT2D eigenvalue weighted by Gasteiger charge is -2.22. The third-order valence-electron chi connectivity index (χ3n) is 5.28. The maximum Gasteiger partial charge on any atom is 0.455 e. The standard InChI is InChI=1S/C25H24ClF3N8O2/c1-14-10-15(26)11-18(21(38)31-24(2,3)4)20(14)30-22(39)19-12-16(33-37(19)17-8-6-5-7-9-17)13-36-34-23(32-35-36)25(27,28)29/h5-12H,13H2,1-4H3,(H,30,39)(H,31,38). The second-order valence-electron chi connectivity index (χ2n) is 9.71. The first-order valence-corrected chi connectivity index (χ1v) is 12.0. The SMILES string of the molecule is Cc1cc(Cl)cc(C(=O)NC(C)(C)C)c1NC(=O)c1cc(Cn2nnc(C(F)(F)F)n2)nn1-c1ccccc1. The number of carbonyl (C=O) groups is 2. The molecule has 4 aromatic rings. The van der Waals surface area contributed by atoms with Gasteiger partial charge >= 0.3 is 6.18 Å². The van der Waals surface area contributed by atoms with Crippen molar-refractivity contribution in [3.63, 3.8) is 0 Å². The first-order valence-electron chi connectivity index (χ1n) is 11.6. The highest BCUT2D eigenvalue weighted by molar-refractivity contribution is 6.31. The van der Waals surface area contributed by atoms with Crippen LogP contribution in [0, 0.1) is 6.92 Å². The minimum atomic E-state index is -4.75. The summed E-state index contributed by atoms with van der Waals surface area (Å²) in [5, 5.41) is 20.2. The van der Waals surface area contributed by atoms with Crippen LogP contribution in [0.4, 0.5) is 18.9 Å². The van der Waals surface area contributed by atoms with Crippen LogP contribution in [0.3, 0.4) is 0 Å². The quantitative estimate of drug-likeness (QED) is 0.354. The average molecular weight is 561 g/mol. The van der Waals surface area contributed by atoms with Crippen molar-refractivity contribution in [2.45, 2.75) is 46.0 Å². The molecule has 0 radical (unpaired) electrons. The molecule has 2 N–H and O–H groups in total. The van der Waals surface area contributed by atoms with E-state index < -0.39 is 29.4 Å². The van der Waals surface area contributed by atoms with Gasteiger partial charge in [0.1, 0.15) is 12.2 Å². The van der Waals surface area contributed by atoms with E-state index in [0.29, 0.717) is 16.3 Å². The highest BCUT2D eigenvalue weighted by atomic mass is 35.5. The van der Waals surface area contributed by atoms with Gasteiger partial charge in [-0.1, -0.05) is 29.8 Å². The van der Waals surface area contributed by atoms with Crippen LogP contribution >= 0.6 is 11.6 Å². The zero-order valence-corrected chi connectivity index (χ0v) is 22.1. The summed E-state index contributed by atoms with van der Waals surface area (Å²) >= 11 is 6.21. The maximum atomic E-state index is 13.6. The number of carbonyl (C=O) groups excluding carboxylic acids is 2. The van der Waals surface area contributed by atoms with E-state index >= 15 is 0 Å². The highest BCUT2D eigenvalue weighted by Gasteiger charge is 2.37. The zero-order valence-electron chi connectivity index (χ0n) is 21.3. The Hall–Kier alpha value is -4.26. The Morgan fingerprint density at radius 3 is 2.31 bits per heavy atom. The molecule has 0 bridgehead atoms. The molecule has 0 aliphatic heterocycles. The number of amides is 2. The number of hydrogen-bond acceptors (Lipinski definition) is 6. The van der Waals surface area contributed by atoms with Crippen molar-refractivity contribution in [2.24, 2.45) is 0 Å². The Labute approximate surface area is 226 Å². The molecular formula is C25H24ClF3N8O2. The first-order chi connectivity index (χ1) is 18.2. The molecule has 2 amide bonds. The van der Waals surface area contributed by atoms with Crippen LogP contribution in [0.25, 0.3) is 5.69 Å². The monoisotopic (exact) mass is 560 g/mol. The summed E-state index contributed by atoms with van der Waals surface area (Å²) < 4.78 is 40.0. The Kier molecular flexibility index (Phi) is 7.46. The van der Waals surface area contributed by atoms with Crippen molar-refractivity contribution in [3.05, 3.63) is 81.9 Å². The van der Waals surface area contributed by atoms with E-state index in [1.807, 2.05) is 20.8 Å². The fraction of sp³-hybridized carbons (Fsp3) is 0.280. The van der Waals surface area contributed by atoms with Gasteiger partial charge in [0.2, 0.25) is 0 Å². The summed E-state index contributed by atoms with van der Waals surface area (Å²) in [7, 11) is 0. The summed E-state index contributed by atoms with van der Waals surface area (Å²) in [4.78, 5) is 27.3. The number of aryl methyl sites for hydroxylation is 1. The van der Waals surface area contributed by atoms with Crippen molar-refractivity contribution >= 4 is 29.1 Å². The van der Waals surface area contributed by atoms with Gasteiger partial charge < -0.3 is 10.6 Å².